The molecule has 132 valence electrons. The lowest BCUT2D eigenvalue weighted by Crippen LogP contribution is -2.24. The third kappa shape index (κ3) is 4.43. The van der Waals surface area contributed by atoms with Gasteiger partial charge in [0.05, 0.1) is 19.2 Å². The van der Waals surface area contributed by atoms with Gasteiger partial charge in [-0.25, -0.2) is 4.98 Å². The van der Waals surface area contributed by atoms with Gasteiger partial charge in [-0.15, -0.1) is 0 Å². The Labute approximate surface area is 150 Å². The van der Waals surface area contributed by atoms with Crippen LogP contribution in [0.4, 0.5) is 0 Å². The number of ketones is 1. The van der Waals surface area contributed by atoms with Crippen molar-refractivity contribution in [3.05, 3.63) is 94.0 Å². The van der Waals surface area contributed by atoms with Crippen LogP contribution in [0.1, 0.15) is 21.5 Å². The molecule has 1 N–H and O–H groups in total. The van der Waals surface area contributed by atoms with E-state index in [1.165, 1.54) is 17.0 Å². The largest absolute Gasteiger partial charge is 0.473 e. The Morgan fingerprint density at radius 2 is 1.77 bits per heavy atom. The average molecular weight is 350 g/mol. The standard InChI is InChI=1S/C20H18N2O4/c23-12-15-6-8-17(9-7-15)18(24)11-22-14-21-19(10-20(22)25)26-13-16-4-2-1-3-5-16/h1-10,14,23H,11-13H2. The summed E-state index contributed by atoms with van der Waals surface area (Å²) in [6.45, 7) is 0.124. The predicted octanol–water partition coefficient (Wildman–Crippen LogP) is 2.20. The van der Waals surface area contributed by atoms with E-state index in [0.717, 1.165) is 11.1 Å². The average Bonchev–Trinajstić information content (AvgIpc) is 2.69. The van der Waals surface area contributed by atoms with Crippen LogP contribution < -0.4 is 10.3 Å². The Morgan fingerprint density at radius 1 is 1.04 bits per heavy atom. The van der Waals surface area contributed by atoms with E-state index in [-0.39, 0.29) is 30.4 Å². The number of carbonyl (C=O) groups is 1. The summed E-state index contributed by atoms with van der Waals surface area (Å²) in [5.41, 5.74) is 1.81. The van der Waals surface area contributed by atoms with Gasteiger partial charge in [0, 0.05) is 5.56 Å². The summed E-state index contributed by atoms with van der Waals surface area (Å²) < 4.78 is 6.74. The second-order valence-corrected chi connectivity index (χ2v) is 5.75. The molecule has 0 saturated carbocycles. The third-order valence-corrected chi connectivity index (χ3v) is 3.86. The van der Waals surface area contributed by atoms with Gasteiger partial charge in [-0.3, -0.25) is 14.2 Å². The highest BCUT2D eigenvalue weighted by molar-refractivity contribution is 5.95. The SMILES string of the molecule is O=C(Cn1cnc(OCc2ccccc2)cc1=O)c1ccc(CO)cc1. The first-order valence-electron chi connectivity index (χ1n) is 8.12. The van der Waals surface area contributed by atoms with Crippen LogP contribution in [0.15, 0.2) is 71.8 Å². The molecular formula is C20H18N2O4. The van der Waals surface area contributed by atoms with Gasteiger partial charge in [-0.1, -0.05) is 54.6 Å². The number of carbonyl (C=O) groups excluding carboxylic acids is 1. The van der Waals surface area contributed by atoms with E-state index in [2.05, 4.69) is 4.98 Å². The maximum absolute atomic E-state index is 12.3. The molecule has 1 heterocycles. The Morgan fingerprint density at radius 3 is 2.42 bits per heavy atom. The lowest BCUT2D eigenvalue weighted by atomic mass is 10.1. The minimum absolute atomic E-state index is 0.0811. The number of nitrogens with zero attached hydrogens (tertiary/aromatic N) is 2. The van der Waals surface area contributed by atoms with Crippen molar-refractivity contribution in [2.75, 3.05) is 0 Å². The van der Waals surface area contributed by atoms with Crippen LogP contribution in [-0.2, 0) is 19.8 Å². The molecule has 0 radical (unpaired) electrons. The number of Topliss-reactive ketones (excluding diaryl/α,β-unsaturated/α-hetero) is 1. The molecule has 0 unspecified atom stereocenters. The second kappa shape index (κ2) is 8.22. The first-order valence-corrected chi connectivity index (χ1v) is 8.12. The molecule has 6 nitrogen and oxygen atoms in total. The lowest BCUT2D eigenvalue weighted by molar-refractivity contribution is 0.0970. The molecule has 0 saturated heterocycles. The zero-order chi connectivity index (χ0) is 18.4. The van der Waals surface area contributed by atoms with Crippen molar-refractivity contribution in [2.24, 2.45) is 0 Å². The topological polar surface area (TPSA) is 81.4 Å². The maximum Gasteiger partial charge on any atom is 0.257 e. The third-order valence-electron chi connectivity index (χ3n) is 3.86. The number of aromatic nitrogens is 2. The van der Waals surface area contributed by atoms with Crippen molar-refractivity contribution >= 4 is 5.78 Å². The number of hydrogen-bond acceptors (Lipinski definition) is 5. The number of ether oxygens (including phenoxy) is 1. The molecule has 2 aromatic carbocycles. The van der Waals surface area contributed by atoms with E-state index < -0.39 is 0 Å². The number of rotatable bonds is 7. The highest BCUT2D eigenvalue weighted by Crippen LogP contribution is 2.08. The van der Waals surface area contributed by atoms with E-state index in [1.54, 1.807) is 24.3 Å². The fourth-order valence-corrected chi connectivity index (χ4v) is 2.38. The molecule has 0 amide bonds. The van der Waals surface area contributed by atoms with Crippen molar-refractivity contribution in [1.29, 1.82) is 0 Å². The quantitative estimate of drug-likeness (QED) is 0.661. The van der Waals surface area contributed by atoms with Crippen molar-refractivity contribution in [3.63, 3.8) is 0 Å². The van der Waals surface area contributed by atoms with E-state index in [0.29, 0.717) is 12.2 Å². The van der Waals surface area contributed by atoms with Crippen molar-refractivity contribution in [3.8, 4) is 5.88 Å². The Hall–Kier alpha value is -3.25. The minimum atomic E-state index is -0.358. The molecular weight excluding hydrogens is 332 g/mol. The maximum atomic E-state index is 12.3. The molecule has 0 atom stereocenters. The van der Waals surface area contributed by atoms with Crippen LogP contribution in [0, 0.1) is 0 Å². The first kappa shape index (κ1) is 17.6. The van der Waals surface area contributed by atoms with Gasteiger partial charge in [0.15, 0.2) is 5.78 Å². The number of benzene rings is 2. The normalized spacial score (nSPS) is 10.5. The molecule has 0 fully saturated rings. The smallest absolute Gasteiger partial charge is 0.257 e. The van der Waals surface area contributed by atoms with Gasteiger partial charge in [0.25, 0.3) is 5.56 Å². The molecule has 0 aliphatic carbocycles. The van der Waals surface area contributed by atoms with Gasteiger partial charge in [-0.05, 0) is 11.1 Å². The summed E-state index contributed by atoms with van der Waals surface area (Å²) in [5, 5.41) is 9.03. The highest BCUT2D eigenvalue weighted by Gasteiger charge is 2.09. The molecule has 26 heavy (non-hydrogen) atoms. The highest BCUT2D eigenvalue weighted by atomic mass is 16.5. The lowest BCUT2D eigenvalue weighted by Gasteiger charge is -2.08. The Kier molecular flexibility index (Phi) is 5.56. The van der Waals surface area contributed by atoms with Crippen LogP contribution in [0.5, 0.6) is 5.88 Å². The molecule has 0 aliphatic rings. The first-order chi connectivity index (χ1) is 12.7. The summed E-state index contributed by atoms with van der Waals surface area (Å²) in [6.07, 6.45) is 1.31. The van der Waals surface area contributed by atoms with Crippen LogP contribution in [0.2, 0.25) is 0 Å². The summed E-state index contributed by atoms with van der Waals surface area (Å²) in [4.78, 5) is 28.5. The van der Waals surface area contributed by atoms with E-state index in [9.17, 15) is 9.59 Å². The van der Waals surface area contributed by atoms with Crippen molar-refractivity contribution in [1.82, 2.24) is 9.55 Å². The van der Waals surface area contributed by atoms with Gasteiger partial charge in [-0.2, -0.15) is 0 Å². The predicted molar refractivity (Wildman–Crippen MR) is 96.0 cm³/mol. The summed E-state index contributed by atoms with van der Waals surface area (Å²) in [7, 11) is 0. The van der Waals surface area contributed by atoms with Crippen molar-refractivity contribution < 1.29 is 14.6 Å². The zero-order valence-corrected chi connectivity index (χ0v) is 14.0. The molecule has 0 aliphatic heterocycles. The van der Waals surface area contributed by atoms with Gasteiger partial charge in [0.2, 0.25) is 5.88 Å². The number of hydrogen-bond donors (Lipinski definition) is 1. The van der Waals surface area contributed by atoms with Crippen LogP contribution in [-0.4, -0.2) is 20.4 Å². The van der Waals surface area contributed by atoms with Gasteiger partial charge >= 0.3 is 0 Å². The molecule has 3 aromatic rings. The monoisotopic (exact) mass is 350 g/mol. The van der Waals surface area contributed by atoms with Gasteiger partial charge in [0.1, 0.15) is 12.9 Å². The number of aliphatic hydroxyl groups excluding tert-OH is 1. The molecule has 6 heteroatoms. The summed E-state index contributed by atoms with van der Waals surface area (Å²) in [5.74, 6) is 0.00574. The summed E-state index contributed by atoms with van der Waals surface area (Å²) in [6, 6.07) is 17.4. The number of aliphatic hydroxyl groups is 1. The van der Waals surface area contributed by atoms with Crippen molar-refractivity contribution in [2.45, 2.75) is 19.8 Å². The Bertz CT molecular complexity index is 934. The Balaban J connectivity index is 1.65. The van der Waals surface area contributed by atoms with Gasteiger partial charge < -0.3 is 9.84 Å². The van der Waals surface area contributed by atoms with E-state index >= 15 is 0 Å². The fraction of sp³-hybridized carbons (Fsp3) is 0.150. The minimum Gasteiger partial charge on any atom is -0.473 e. The second-order valence-electron chi connectivity index (χ2n) is 5.75. The zero-order valence-electron chi connectivity index (χ0n) is 14.0. The molecule has 0 bridgehead atoms. The summed E-state index contributed by atoms with van der Waals surface area (Å²) >= 11 is 0. The molecule has 0 spiro atoms. The van der Waals surface area contributed by atoms with Crippen LogP contribution in [0.25, 0.3) is 0 Å². The van der Waals surface area contributed by atoms with Crippen LogP contribution >= 0.6 is 0 Å². The van der Waals surface area contributed by atoms with E-state index in [1.807, 2.05) is 30.3 Å². The molecule has 3 rings (SSSR count). The van der Waals surface area contributed by atoms with E-state index in [4.69, 9.17) is 9.84 Å². The molecule has 1 aromatic heterocycles. The van der Waals surface area contributed by atoms with Crippen LogP contribution in [0.3, 0.4) is 0 Å². The fourth-order valence-electron chi connectivity index (χ4n) is 2.38.